The van der Waals surface area contributed by atoms with Gasteiger partial charge in [-0.1, -0.05) is 23.7 Å². The summed E-state index contributed by atoms with van der Waals surface area (Å²) in [6, 6.07) is 7.08. The number of hydrogen-bond acceptors (Lipinski definition) is 4. The van der Waals surface area contributed by atoms with E-state index in [9.17, 15) is 13.2 Å². The van der Waals surface area contributed by atoms with E-state index in [1.54, 1.807) is 24.3 Å². The standard InChI is InChI=1S/C14H15ClN2O4S/c15-12-10-5-1-2-6-11(10)21-13(12)14(18)17-7-3-4-9(8-17)22(16,19)20/h1-2,5-6,9H,3-4,7-8H2,(H2,16,19,20). The van der Waals surface area contributed by atoms with Gasteiger partial charge >= 0.3 is 0 Å². The topological polar surface area (TPSA) is 93.6 Å². The first-order valence-electron chi connectivity index (χ1n) is 6.86. The van der Waals surface area contributed by atoms with E-state index in [0.29, 0.717) is 30.4 Å². The molecule has 22 heavy (non-hydrogen) atoms. The number of carbonyl (C=O) groups is 1. The lowest BCUT2D eigenvalue weighted by molar-refractivity contribution is 0.0697. The third kappa shape index (κ3) is 2.71. The number of benzene rings is 1. The van der Waals surface area contributed by atoms with Crippen LogP contribution < -0.4 is 5.14 Å². The van der Waals surface area contributed by atoms with Gasteiger partial charge in [0.1, 0.15) is 5.58 Å². The number of halogens is 1. The van der Waals surface area contributed by atoms with Gasteiger partial charge in [0.15, 0.2) is 0 Å². The van der Waals surface area contributed by atoms with Crippen molar-refractivity contribution in [2.24, 2.45) is 5.14 Å². The molecule has 8 heteroatoms. The lowest BCUT2D eigenvalue weighted by Crippen LogP contribution is -2.47. The Labute approximate surface area is 132 Å². The molecule has 2 heterocycles. The van der Waals surface area contributed by atoms with E-state index in [1.165, 1.54) is 4.90 Å². The number of primary sulfonamides is 1. The molecule has 1 atom stereocenters. The zero-order valence-electron chi connectivity index (χ0n) is 11.7. The van der Waals surface area contributed by atoms with Crippen molar-refractivity contribution in [2.75, 3.05) is 13.1 Å². The minimum absolute atomic E-state index is 0.0398. The number of hydrogen-bond donors (Lipinski definition) is 1. The van der Waals surface area contributed by atoms with Crippen molar-refractivity contribution in [3.63, 3.8) is 0 Å². The molecule has 1 aromatic heterocycles. The Bertz CT molecular complexity index is 830. The molecule has 0 aliphatic carbocycles. The summed E-state index contributed by atoms with van der Waals surface area (Å²) in [6.07, 6.45) is 1.03. The number of piperidine rings is 1. The van der Waals surface area contributed by atoms with Gasteiger partial charge < -0.3 is 9.32 Å². The highest BCUT2D eigenvalue weighted by molar-refractivity contribution is 7.89. The molecule has 1 fully saturated rings. The van der Waals surface area contributed by atoms with Gasteiger partial charge in [-0.25, -0.2) is 13.6 Å². The summed E-state index contributed by atoms with van der Waals surface area (Å²) < 4.78 is 28.5. The molecule has 1 aliphatic rings. The number of sulfonamides is 1. The van der Waals surface area contributed by atoms with Crippen molar-refractivity contribution in [1.29, 1.82) is 0 Å². The van der Waals surface area contributed by atoms with Gasteiger partial charge in [0.25, 0.3) is 5.91 Å². The van der Waals surface area contributed by atoms with Crippen molar-refractivity contribution < 1.29 is 17.6 Å². The van der Waals surface area contributed by atoms with Gasteiger partial charge in [0, 0.05) is 18.5 Å². The first-order valence-corrected chi connectivity index (χ1v) is 8.84. The summed E-state index contributed by atoms with van der Waals surface area (Å²) in [7, 11) is -3.67. The highest BCUT2D eigenvalue weighted by atomic mass is 35.5. The summed E-state index contributed by atoms with van der Waals surface area (Å²) in [6.45, 7) is 0.517. The number of nitrogens with two attached hydrogens (primary N) is 1. The monoisotopic (exact) mass is 342 g/mol. The summed E-state index contributed by atoms with van der Waals surface area (Å²) >= 11 is 6.21. The molecule has 0 bridgehead atoms. The predicted molar refractivity (Wildman–Crippen MR) is 83.3 cm³/mol. The average molecular weight is 343 g/mol. The van der Waals surface area contributed by atoms with Gasteiger partial charge in [-0.2, -0.15) is 0 Å². The quantitative estimate of drug-likeness (QED) is 0.902. The second-order valence-corrected chi connectivity index (χ2v) is 7.57. The van der Waals surface area contributed by atoms with Crippen LogP contribution in [0.4, 0.5) is 0 Å². The van der Waals surface area contributed by atoms with Gasteiger partial charge in [-0.15, -0.1) is 0 Å². The van der Waals surface area contributed by atoms with Gasteiger partial charge in [-0.3, -0.25) is 4.79 Å². The maximum atomic E-state index is 12.6. The first kappa shape index (κ1) is 15.3. The Hall–Kier alpha value is -1.57. The normalized spacial score (nSPS) is 19.5. The highest BCUT2D eigenvalue weighted by Gasteiger charge is 2.33. The molecule has 0 radical (unpaired) electrons. The van der Waals surface area contributed by atoms with Crippen LogP contribution in [0.1, 0.15) is 23.4 Å². The molecule has 1 saturated heterocycles. The van der Waals surface area contributed by atoms with Crippen LogP contribution in [0, 0.1) is 0 Å². The van der Waals surface area contributed by atoms with Crippen LogP contribution in [0.25, 0.3) is 11.0 Å². The van der Waals surface area contributed by atoms with Crippen molar-refractivity contribution in [3.8, 4) is 0 Å². The van der Waals surface area contributed by atoms with Crippen LogP contribution in [0.2, 0.25) is 5.02 Å². The van der Waals surface area contributed by atoms with E-state index in [2.05, 4.69) is 0 Å². The fraction of sp³-hybridized carbons (Fsp3) is 0.357. The SMILES string of the molecule is NS(=O)(=O)C1CCCN(C(=O)c2oc3ccccc3c2Cl)C1. The first-order chi connectivity index (χ1) is 10.4. The molecule has 1 unspecified atom stereocenters. The third-order valence-electron chi connectivity index (χ3n) is 3.86. The Balaban J connectivity index is 1.91. The second kappa shape index (κ2) is 5.57. The van der Waals surface area contributed by atoms with Gasteiger partial charge in [0.05, 0.1) is 10.3 Å². The highest BCUT2D eigenvalue weighted by Crippen LogP contribution is 2.31. The molecular weight excluding hydrogens is 328 g/mol. The number of furan rings is 1. The van der Waals surface area contributed by atoms with Crippen LogP contribution in [0.5, 0.6) is 0 Å². The van der Waals surface area contributed by atoms with E-state index in [1.807, 2.05) is 0 Å². The van der Waals surface area contributed by atoms with E-state index >= 15 is 0 Å². The number of likely N-dealkylation sites (tertiary alicyclic amines) is 1. The number of para-hydroxylation sites is 1. The molecule has 0 saturated carbocycles. The zero-order valence-corrected chi connectivity index (χ0v) is 13.2. The molecule has 2 N–H and O–H groups in total. The number of nitrogens with zero attached hydrogens (tertiary/aromatic N) is 1. The Morgan fingerprint density at radius 2 is 2.09 bits per heavy atom. The Morgan fingerprint density at radius 1 is 1.36 bits per heavy atom. The minimum Gasteiger partial charge on any atom is -0.449 e. The zero-order chi connectivity index (χ0) is 15.9. The van der Waals surface area contributed by atoms with Gasteiger partial charge in [-0.05, 0) is 25.0 Å². The maximum absolute atomic E-state index is 12.6. The summed E-state index contributed by atoms with van der Waals surface area (Å²) in [4.78, 5) is 14.0. The molecule has 1 aromatic carbocycles. The number of amides is 1. The number of carbonyl (C=O) groups excluding carboxylic acids is 1. The molecule has 0 spiro atoms. The number of fused-ring (bicyclic) bond motifs is 1. The van der Waals surface area contributed by atoms with Crippen LogP contribution in [-0.4, -0.2) is 37.6 Å². The molecule has 118 valence electrons. The van der Waals surface area contributed by atoms with Crippen molar-refractivity contribution in [1.82, 2.24) is 4.90 Å². The van der Waals surface area contributed by atoms with Crippen LogP contribution in [0.15, 0.2) is 28.7 Å². The summed E-state index contributed by atoms with van der Waals surface area (Å²) in [5, 5.41) is 5.35. The maximum Gasteiger partial charge on any atom is 0.291 e. The molecule has 3 rings (SSSR count). The van der Waals surface area contributed by atoms with Crippen LogP contribution >= 0.6 is 11.6 Å². The molecule has 1 aliphatic heterocycles. The molecule has 6 nitrogen and oxygen atoms in total. The number of rotatable bonds is 2. The van der Waals surface area contributed by atoms with E-state index in [0.717, 1.165) is 0 Å². The Morgan fingerprint density at radius 3 is 2.77 bits per heavy atom. The average Bonchev–Trinajstić information content (AvgIpc) is 2.83. The molecular formula is C14H15ClN2O4S. The lowest BCUT2D eigenvalue weighted by atomic mass is 10.1. The third-order valence-corrected chi connectivity index (χ3v) is 5.55. The summed E-state index contributed by atoms with van der Waals surface area (Å²) in [5.74, 6) is -0.368. The second-order valence-electron chi connectivity index (χ2n) is 5.35. The summed E-state index contributed by atoms with van der Waals surface area (Å²) in [5.41, 5.74) is 0.524. The van der Waals surface area contributed by atoms with E-state index in [4.69, 9.17) is 21.2 Å². The minimum atomic E-state index is -3.67. The largest absolute Gasteiger partial charge is 0.449 e. The molecule has 1 amide bonds. The Kier molecular flexibility index (Phi) is 3.88. The van der Waals surface area contributed by atoms with Crippen molar-refractivity contribution in [2.45, 2.75) is 18.1 Å². The fourth-order valence-corrected chi connectivity index (χ4v) is 3.84. The van der Waals surface area contributed by atoms with E-state index in [-0.39, 0.29) is 17.3 Å². The van der Waals surface area contributed by atoms with Crippen molar-refractivity contribution in [3.05, 3.63) is 35.0 Å². The van der Waals surface area contributed by atoms with E-state index < -0.39 is 21.2 Å². The van der Waals surface area contributed by atoms with Gasteiger partial charge in [0.2, 0.25) is 15.8 Å². The smallest absolute Gasteiger partial charge is 0.291 e. The molecule has 2 aromatic rings. The van der Waals surface area contributed by atoms with Crippen LogP contribution in [0.3, 0.4) is 0 Å². The fourth-order valence-electron chi connectivity index (χ4n) is 2.69. The van der Waals surface area contributed by atoms with Crippen LogP contribution in [-0.2, 0) is 10.0 Å². The predicted octanol–water partition coefficient (Wildman–Crippen LogP) is 1.98. The lowest BCUT2D eigenvalue weighted by Gasteiger charge is -2.30. The van der Waals surface area contributed by atoms with Crippen molar-refractivity contribution >= 4 is 38.5 Å².